The van der Waals surface area contributed by atoms with Gasteiger partial charge < -0.3 is 20.4 Å². The lowest BCUT2D eigenvalue weighted by atomic mass is 9.92. The van der Waals surface area contributed by atoms with Crippen LogP contribution in [0.3, 0.4) is 0 Å². The summed E-state index contributed by atoms with van der Waals surface area (Å²) in [4.78, 5) is 51.5. The molecule has 1 unspecified atom stereocenters. The highest BCUT2D eigenvalue weighted by Gasteiger charge is 2.49. The second-order valence-corrected chi connectivity index (χ2v) is 7.81. The van der Waals surface area contributed by atoms with Gasteiger partial charge in [0.15, 0.2) is 0 Å². The van der Waals surface area contributed by atoms with Gasteiger partial charge in [-0.25, -0.2) is 9.18 Å². The number of furan rings is 1. The summed E-state index contributed by atoms with van der Waals surface area (Å²) in [6.07, 6.45) is 1.49. The van der Waals surface area contributed by atoms with E-state index in [0.717, 1.165) is 4.90 Å². The smallest absolute Gasteiger partial charge is 0.325 e. The van der Waals surface area contributed by atoms with Crippen molar-refractivity contribution in [2.24, 2.45) is 0 Å². The number of carbonyl (C=O) groups excluding carboxylic acids is 4. The Bertz CT molecular complexity index is 1240. The van der Waals surface area contributed by atoms with Crippen molar-refractivity contribution in [1.82, 2.24) is 15.5 Å². The largest absolute Gasteiger partial charge is 0.467 e. The molecule has 0 aliphatic carbocycles. The molecule has 2 aromatic carbocycles. The molecule has 9 nitrogen and oxygen atoms in total. The maximum atomic E-state index is 13.3. The number of anilines is 1. The van der Waals surface area contributed by atoms with Crippen molar-refractivity contribution in [3.63, 3.8) is 0 Å². The molecule has 1 aliphatic rings. The van der Waals surface area contributed by atoms with Gasteiger partial charge in [0.05, 0.1) is 24.1 Å². The Morgan fingerprint density at radius 2 is 1.79 bits per heavy atom. The van der Waals surface area contributed by atoms with E-state index >= 15 is 0 Å². The molecule has 1 fully saturated rings. The van der Waals surface area contributed by atoms with Gasteiger partial charge in [0, 0.05) is 0 Å². The molecule has 0 saturated carbocycles. The molecule has 34 heavy (non-hydrogen) atoms. The summed E-state index contributed by atoms with van der Waals surface area (Å²) in [5, 5.41) is 7.83. The first kappa shape index (κ1) is 22.7. The zero-order chi connectivity index (χ0) is 24.3. The van der Waals surface area contributed by atoms with Crippen LogP contribution in [0.25, 0.3) is 0 Å². The second kappa shape index (κ2) is 9.18. The predicted octanol–water partition coefficient (Wildman–Crippen LogP) is 2.75. The Kier molecular flexibility index (Phi) is 6.13. The molecular weight excluding hydrogens is 443 g/mol. The normalized spacial score (nSPS) is 17.4. The van der Waals surface area contributed by atoms with Crippen LogP contribution in [0.15, 0.2) is 71.3 Å². The summed E-state index contributed by atoms with van der Waals surface area (Å²) in [6.45, 7) is 1.08. The van der Waals surface area contributed by atoms with Crippen LogP contribution in [0, 0.1) is 5.82 Å². The molecule has 1 aromatic heterocycles. The first-order valence-electron chi connectivity index (χ1n) is 10.4. The van der Waals surface area contributed by atoms with Crippen molar-refractivity contribution in [3.05, 3.63) is 89.6 Å². The van der Waals surface area contributed by atoms with Crippen LogP contribution in [0.4, 0.5) is 14.9 Å². The Morgan fingerprint density at radius 1 is 1.06 bits per heavy atom. The van der Waals surface area contributed by atoms with E-state index in [4.69, 9.17) is 4.42 Å². The van der Waals surface area contributed by atoms with Crippen LogP contribution in [0.5, 0.6) is 0 Å². The summed E-state index contributed by atoms with van der Waals surface area (Å²) in [6, 6.07) is 14.2. The zero-order valence-electron chi connectivity index (χ0n) is 18.1. The highest BCUT2D eigenvalue weighted by molar-refractivity contribution is 6.11. The van der Waals surface area contributed by atoms with E-state index in [2.05, 4.69) is 16.0 Å². The number of benzene rings is 2. The maximum Gasteiger partial charge on any atom is 0.325 e. The van der Waals surface area contributed by atoms with Gasteiger partial charge in [-0.3, -0.25) is 19.3 Å². The number of nitrogens with zero attached hydrogens (tertiary/aromatic N) is 1. The number of rotatable bonds is 7. The molecule has 1 aliphatic heterocycles. The molecular formula is C24H21FN4O5. The standard InChI is InChI=1S/C24H21FN4O5/c1-24(15-8-10-16(25)11-9-15)22(32)29(23(33)28-24)14-20(30)27-19-7-3-2-6-18(19)21(31)26-13-17-5-4-12-34-17/h2-12H,13-14H2,1H3,(H,26,31)(H,27,30)(H,28,33). The third kappa shape index (κ3) is 4.51. The lowest BCUT2D eigenvalue weighted by Crippen LogP contribution is -2.42. The van der Waals surface area contributed by atoms with E-state index in [1.54, 1.807) is 24.3 Å². The molecule has 0 bridgehead atoms. The van der Waals surface area contributed by atoms with Crippen molar-refractivity contribution in [3.8, 4) is 0 Å². The van der Waals surface area contributed by atoms with Crippen molar-refractivity contribution >= 4 is 29.4 Å². The summed E-state index contributed by atoms with van der Waals surface area (Å²) in [5.74, 6) is -1.67. The SMILES string of the molecule is CC1(c2ccc(F)cc2)NC(=O)N(CC(=O)Nc2ccccc2C(=O)NCc2ccco2)C1=O. The first-order valence-corrected chi connectivity index (χ1v) is 10.4. The van der Waals surface area contributed by atoms with Crippen molar-refractivity contribution in [1.29, 1.82) is 0 Å². The number of nitrogens with one attached hydrogen (secondary N) is 3. The molecule has 1 saturated heterocycles. The number of amides is 5. The highest BCUT2D eigenvalue weighted by Crippen LogP contribution is 2.29. The van der Waals surface area contributed by atoms with Gasteiger partial charge in [-0.15, -0.1) is 0 Å². The molecule has 0 spiro atoms. The number of hydrogen-bond acceptors (Lipinski definition) is 5. The number of carbonyl (C=O) groups is 4. The molecule has 10 heteroatoms. The minimum Gasteiger partial charge on any atom is -0.467 e. The van der Waals surface area contributed by atoms with E-state index in [1.165, 1.54) is 49.6 Å². The van der Waals surface area contributed by atoms with Crippen LogP contribution >= 0.6 is 0 Å². The topological polar surface area (TPSA) is 121 Å². The third-order valence-corrected chi connectivity index (χ3v) is 5.45. The molecule has 3 N–H and O–H groups in total. The fraction of sp³-hybridized carbons (Fsp3) is 0.167. The fourth-order valence-electron chi connectivity index (χ4n) is 3.62. The predicted molar refractivity (Wildman–Crippen MR) is 119 cm³/mol. The van der Waals surface area contributed by atoms with Crippen LogP contribution < -0.4 is 16.0 Å². The van der Waals surface area contributed by atoms with E-state index in [0.29, 0.717) is 11.3 Å². The van der Waals surface area contributed by atoms with Crippen molar-refractivity contribution in [2.45, 2.75) is 19.0 Å². The molecule has 174 valence electrons. The molecule has 4 rings (SSSR count). The maximum absolute atomic E-state index is 13.3. The molecule has 0 radical (unpaired) electrons. The average molecular weight is 464 g/mol. The first-order chi connectivity index (χ1) is 16.3. The van der Waals surface area contributed by atoms with E-state index in [9.17, 15) is 23.6 Å². The second-order valence-electron chi connectivity index (χ2n) is 7.81. The molecule has 5 amide bonds. The number of halogens is 1. The van der Waals surface area contributed by atoms with Gasteiger partial charge in [-0.1, -0.05) is 24.3 Å². The molecule has 3 aromatic rings. The van der Waals surface area contributed by atoms with Gasteiger partial charge in [0.25, 0.3) is 11.8 Å². The number of imide groups is 1. The van der Waals surface area contributed by atoms with Gasteiger partial charge in [-0.2, -0.15) is 0 Å². The number of hydrogen-bond donors (Lipinski definition) is 3. The van der Waals surface area contributed by atoms with E-state index < -0.39 is 41.7 Å². The number of para-hydroxylation sites is 1. The van der Waals surface area contributed by atoms with Gasteiger partial charge in [0.2, 0.25) is 5.91 Å². The van der Waals surface area contributed by atoms with E-state index in [1.807, 2.05) is 0 Å². The van der Waals surface area contributed by atoms with Crippen LogP contribution in [0.1, 0.15) is 28.6 Å². The Balaban J connectivity index is 1.44. The van der Waals surface area contributed by atoms with Crippen LogP contribution in [0.2, 0.25) is 0 Å². The van der Waals surface area contributed by atoms with Gasteiger partial charge in [0.1, 0.15) is 23.7 Å². The van der Waals surface area contributed by atoms with Crippen molar-refractivity contribution in [2.75, 3.05) is 11.9 Å². The van der Waals surface area contributed by atoms with Gasteiger partial charge in [-0.05, 0) is 48.9 Å². The summed E-state index contributed by atoms with van der Waals surface area (Å²) in [5.41, 5.74) is -0.628. The Hall–Kier alpha value is -4.47. The van der Waals surface area contributed by atoms with Crippen molar-refractivity contribution < 1.29 is 28.0 Å². The lowest BCUT2D eigenvalue weighted by Gasteiger charge is -2.22. The molecule has 1 atom stereocenters. The summed E-state index contributed by atoms with van der Waals surface area (Å²) in [7, 11) is 0. The Morgan fingerprint density at radius 3 is 2.50 bits per heavy atom. The van der Waals surface area contributed by atoms with Crippen LogP contribution in [-0.4, -0.2) is 35.2 Å². The summed E-state index contributed by atoms with van der Waals surface area (Å²) >= 11 is 0. The van der Waals surface area contributed by atoms with E-state index in [-0.39, 0.29) is 17.8 Å². The van der Waals surface area contributed by atoms with Crippen LogP contribution in [-0.2, 0) is 21.7 Å². The minimum atomic E-state index is -1.44. The quantitative estimate of drug-likeness (QED) is 0.465. The highest BCUT2D eigenvalue weighted by atomic mass is 19.1. The lowest BCUT2D eigenvalue weighted by molar-refractivity contribution is -0.133. The third-order valence-electron chi connectivity index (χ3n) is 5.45. The zero-order valence-corrected chi connectivity index (χ0v) is 18.1. The number of urea groups is 1. The fourth-order valence-corrected chi connectivity index (χ4v) is 3.62. The minimum absolute atomic E-state index is 0.165. The molecule has 2 heterocycles. The Labute approximate surface area is 193 Å². The average Bonchev–Trinajstić information content (AvgIpc) is 3.41. The summed E-state index contributed by atoms with van der Waals surface area (Å²) < 4.78 is 18.5. The monoisotopic (exact) mass is 464 g/mol. The van der Waals surface area contributed by atoms with Gasteiger partial charge >= 0.3 is 6.03 Å².